The first-order valence-electron chi connectivity index (χ1n) is 5.78. The van der Waals surface area contributed by atoms with Crippen LogP contribution < -0.4 is 10.1 Å². The van der Waals surface area contributed by atoms with Crippen LogP contribution >= 0.6 is 11.8 Å². The maximum Gasteiger partial charge on any atom is 0.137 e. The zero-order valence-corrected chi connectivity index (χ0v) is 11.2. The van der Waals surface area contributed by atoms with E-state index in [1.54, 1.807) is 18.8 Å². The smallest absolute Gasteiger partial charge is 0.137 e. The van der Waals surface area contributed by atoms with Gasteiger partial charge in [0, 0.05) is 11.5 Å². The van der Waals surface area contributed by atoms with E-state index in [-0.39, 0.29) is 12.6 Å². The van der Waals surface area contributed by atoms with Gasteiger partial charge in [-0.2, -0.15) is 11.8 Å². The summed E-state index contributed by atoms with van der Waals surface area (Å²) < 4.78 is 17.2. The fourth-order valence-corrected chi connectivity index (χ4v) is 2.41. The molecule has 1 atom stereocenters. The highest BCUT2D eigenvalue weighted by molar-refractivity contribution is 7.98. The van der Waals surface area contributed by atoms with Gasteiger partial charge in [0.15, 0.2) is 0 Å². The van der Waals surface area contributed by atoms with Crippen molar-refractivity contribution in [2.75, 3.05) is 26.1 Å². The lowest BCUT2D eigenvalue weighted by molar-refractivity contribution is -0.109. The van der Waals surface area contributed by atoms with Crippen molar-refractivity contribution >= 4 is 18.0 Å². The Balaban J connectivity index is 2.39. The van der Waals surface area contributed by atoms with Crippen LogP contribution in [0, 0.1) is 0 Å². The fourth-order valence-electron chi connectivity index (χ4n) is 1.38. The predicted molar refractivity (Wildman–Crippen MR) is 73.0 cm³/mol. The summed E-state index contributed by atoms with van der Waals surface area (Å²) in [6.45, 7) is -0.397. The Labute approximate surface area is 111 Å². The number of rotatable bonds is 9. The minimum atomic E-state index is -0.484. The zero-order valence-electron chi connectivity index (χ0n) is 10.4. The van der Waals surface area contributed by atoms with E-state index in [9.17, 15) is 9.18 Å². The van der Waals surface area contributed by atoms with E-state index in [2.05, 4.69) is 5.32 Å². The van der Waals surface area contributed by atoms with Crippen molar-refractivity contribution < 1.29 is 13.9 Å². The van der Waals surface area contributed by atoms with Gasteiger partial charge < -0.3 is 14.8 Å². The van der Waals surface area contributed by atoms with Crippen LogP contribution in [0.2, 0.25) is 0 Å². The number of likely N-dealkylation sites (N-methyl/N-ethyl adjacent to an activating group) is 1. The molecule has 5 heteroatoms. The first kappa shape index (κ1) is 15.0. The first-order chi connectivity index (χ1) is 8.80. The summed E-state index contributed by atoms with van der Waals surface area (Å²) in [7, 11) is 1.77. The van der Waals surface area contributed by atoms with Crippen molar-refractivity contribution in [2.24, 2.45) is 0 Å². The molecule has 0 amide bonds. The molecule has 0 spiro atoms. The fraction of sp³-hybridized carbons (Fsp3) is 0.462. The van der Waals surface area contributed by atoms with E-state index in [1.165, 1.54) is 0 Å². The summed E-state index contributed by atoms with van der Waals surface area (Å²) in [6.07, 6.45) is 0.910. The molecule has 100 valence electrons. The Bertz CT molecular complexity index is 363. The summed E-state index contributed by atoms with van der Waals surface area (Å²) in [5.41, 5.74) is 1.11. The van der Waals surface area contributed by atoms with Crippen molar-refractivity contribution in [2.45, 2.75) is 11.8 Å². The molecule has 0 aromatic heterocycles. The second-order valence-corrected chi connectivity index (χ2v) is 4.76. The molecule has 0 fully saturated rings. The largest absolute Gasteiger partial charge is 0.491 e. The molecule has 0 saturated carbocycles. The normalized spacial score (nSPS) is 12.1. The Kier molecular flexibility index (Phi) is 7.44. The Morgan fingerprint density at radius 1 is 1.56 bits per heavy atom. The van der Waals surface area contributed by atoms with Gasteiger partial charge in [0.05, 0.1) is 6.04 Å². The second-order valence-electron chi connectivity index (χ2n) is 3.73. The summed E-state index contributed by atoms with van der Waals surface area (Å²) in [5, 5.41) is 2.92. The summed E-state index contributed by atoms with van der Waals surface area (Å²) in [6, 6.07) is 7.48. The van der Waals surface area contributed by atoms with Crippen LogP contribution in [0.5, 0.6) is 5.75 Å². The minimum absolute atomic E-state index is 0.0869. The Morgan fingerprint density at radius 2 is 2.39 bits per heavy atom. The SMILES string of the molecule is CNC(C=O)CSCc1cccc(OCCF)c1. The summed E-state index contributed by atoms with van der Waals surface area (Å²) in [4.78, 5) is 10.6. The first-order valence-corrected chi connectivity index (χ1v) is 6.93. The summed E-state index contributed by atoms with van der Waals surface area (Å²) >= 11 is 1.67. The molecule has 0 aliphatic heterocycles. The van der Waals surface area contributed by atoms with Crippen LogP contribution in [0.15, 0.2) is 24.3 Å². The highest BCUT2D eigenvalue weighted by Gasteiger charge is 2.04. The van der Waals surface area contributed by atoms with Crippen molar-refractivity contribution in [1.29, 1.82) is 0 Å². The number of aldehydes is 1. The highest BCUT2D eigenvalue weighted by atomic mass is 32.2. The van der Waals surface area contributed by atoms with Gasteiger partial charge in [-0.25, -0.2) is 4.39 Å². The molecular formula is C13H18FNO2S. The van der Waals surface area contributed by atoms with E-state index >= 15 is 0 Å². The molecule has 0 bridgehead atoms. The molecule has 1 unspecified atom stereocenters. The third kappa shape index (κ3) is 5.51. The third-order valence-corrected chi connectivity index (χ3v) is 3.48. The van der Waals surface area contributed by atoms with Crippen molar-refractivity contribution in [3.05, 3.63) is 29.8 Å². The monoisotopic (exact) mass is 271 g/mol. The van der Waals surface area contributed by atoms with Crippen molar-refractivity contribution in [1.82, 2.24) is 5.32 Å². The number of thioether (sulfide) groups is 1. The lowest BCUT2D eigenvalue weighted by Gasteiger charge is -2.09. The lowest BCUT2D eigenvalue weighted by Crippen LogP contribution is -2.28. The number of carbonyl (C=O) groups excluding carboxylic acids is 1. The van der Waals surface area contributed by atoms with Crippen LogP contribution in [-0.2, 0) is 10.5 Å². The number of alkyl halides is 1. The zero-order chi connectivity index (χ0) is 13.2. The van der Waals surface area contributed by atoms with Gasteiger partial charge in [0.1, 0.15) is 25.3 Å². The van der Waals surface area contributed by atoms with Crippen molar-refractivity contribution in [3.63, 3.8) is 0 Å². The minimum Gasteiger partial charge on any atom is -0.491 e. The Morgan fingerprint density at radius 3 is 3.06 bits per heavy atom. The van der Waals surface area contributed by atoms with Crippen LogP contribution in [0.4, 0.5) is 4.39 Å². The standard InChI is InChI=1S/C13H18FNO2S/c1-15-12(8-16)10-18-9-11-3-2-4-13(7-11)17-6-5-14/h2-4,7-8,12,15H,5-6,9-10H2,1H3. The average molecular weight is 271 g/mol. The second kappa shape index (κ2) is 8.94. The van der Waals surface area contributed by atoms with E-state index in [0.29, 0.717) is 5.75 Å². The molecule has 1 aromatic rings. The number of benzene rings is 1. The van der Waals surface area contributed by atoms with Crippen LogP contribution in [-0.4, -0.2) is 38.4 Å². The molecule has 1 rings (SSSR count). The molecule has 0 radical (unpaired) electrons. The van der Waals surface area contributed by atoms with Gasteiger partial charge in [0.2, 0.25) is 0 Å². The molecule has 0 heterocycles. The molecule has 1 aromatic carbocycles. The van der Waals surface area contributed by atoms with E-state index < -0.39 is 6.67 Å². The van der Waals surface area contributed by atoms with Gasteiger partial charge in [-0.3, -0.25) is 0 Å². The van der Waals surface area contributed by atoms with Crippen LogP contribution in [0.1, 0.15) is 5.56 Å². The number of carbonyl (C=O) groups is 1. The Hall–Kier alpha value is -1.07. The molecule has 0 saturated heterocycles. The quantitative estimate of drug-likeness (QED) is 0.698. The molecular weight excluding hydrogens is 253 g/mol. The van der Waals surface area contributed by atoms with Gasteiger partial charge in [-0.05, 0) is 24.7 Å². The number of ether oxygens (including phenoxy) is 1. The highest BCUT2D eigenvalue weighted by Crippen LogP contribution is 2.18. The van der Waals surface area contributed by atoms with E-state index in [1.807, 2.05) is 24.3 Å². The lowest BCUT2D eigenvalue weighted by atomic mass is 10.2. The van der Waals surface area contributed by atoms with Crippen LogP contribution in [0.25, 0.3) is 0 Å². The molecule has 3 nitrogen and oxygen atoms in total. The molecule has 18 heavy (non-hydrogen) atoms. The number of halogens is 1. The third-order valence-electron chi connectivity index (χ3n) is 2.35. The molecule has 1 N–H and O–H groups in total. The van der Waals surface area contributed by atoms with Gasteiger partial charge in [0.25, 0.3) is 0 Å². The number of nitrogens with one attached hydrogen (secondary N) is 1. The molecule has 0 aliphatic rings. The average Bonchev–Trinajstić information content (AvgIpc) is 2.42. The van der Waals surface area contributed by atoms with E-state index in [0.717, 1.165) is 23.4 Å². The number of hydrogen-bond donors (Lipinski definition) is 1. The van der Waals surface area contributed by atoms with Gasteiger partial charge in [-0.15, -0.1) is 0 Å². The van der Waals surface area contributed by atoms with Crippen molar-refractivity contribution in [3.8, 4) is 5.75 Å². The molecule has 0 aliphatic carbocycles. The van der Waals surface area contributed by atoms with Gasteiger partial charge in [-0.1, -0.05) is 12.1 Å². The maximum atomic E-state index is 12.0. The predicted octanol–water partition coefficient (Wildman–Crippen LogP) is 2.05. The topological polar surface area (TPSA) is 38.3 Å². The maximum absolute atomic E-state index is 12.0. The van der Waals surface area contributed by atoms with Crippen LogP contribution in [0.3, 0.4) is 0 Å². The number of hydrogen-bond acceptors (Lipinski definition) is 4. The summed E-state index contributed by atoms with van der Waals surface area (Å²) in [5.74, 6) is 2.22. The van der Waals surface area contributed by atoms with Gasteiger partial charge >= 0.3 is 0 Å². The van der Waals surface area contributed by atoms with E-state index in [4.69, 9.17) is 4.74 Å².